The van der Waals surface area contributed by atoms with E-state index in [9.17, 15) is 9.59 Å². The number of alkyl carbamates (subject to hydrolysis) is 1. The molecule has 0 bridgehead atoms. The summed E-state index contributed by atoms with van der Waals surface area (Å²) in [7, 11) is 0. The van der Waals surface area contributed by atoms with E-state index >= 15 is 0 Å². The lowest BCUT2D eigenvalue weighted by atomic mass is 9.99. The lowest BCUT2D eigenvalue weighted by molar-refractivity contribution is -0.137. The van der Waals surface area contributed by atoms with Gasteiger partial charge in [0.2, 0.25) is 0 Å². The molecular formula is C14H17NO4. The molecule has 0 aliphatic heterocycles. The molecule has 0 unspecified atom stereocenters. The Hall–Kier alpha value is -2.30. The van der Waals surface area contributed by atoms with Gasteiger partial charge >= 0.3 is 12.1 Å². The second kappa shape index (κ2) is 7.20. The van der Waals surface area contributed by atoms with Crippen LogP contribution in [0.3, 0.4) is 0 Å². The number of hydrogen-bond acceptors (Lipinski definition) is 3. The molecule has 5 heteroatoms. The maximum atomic E-state index is 11.5. The summed E-state index contributed by atoms with van der Waals surface area (Å²) < 4.78 is 4.80. The maximum absolute atomic E-state index is 11.5. The molecule has 5 nitrogen and oxygen atoms in total. The Morgan fingerprint density at radius 2 is 2.16 bits per heavy atom. The van der Waals surface area contributed by atoms with Crippen LogP contribution in [0.4, 0.5) is 4.79 Å². The number of carboxylic acid groups (broad SMARTS) is 1. The lowest BCUT2D eigenvalue weighted by Crippen LogP contribution is -2.31. The number of aliphatic carboxylic acids is 1. The van der Waals surface area contributed by atoms with E-state index in [-0.39, 0.29) is 13.0 Å². The Balaban J connectivity index is 2.83. The second-order valence-electron chi connectivity index (χ2n) is 4.04. The number of ether oxygens (including phenoxy) is 1. The van der Waals surface area contributed by atoms with E-state index in [1.165, 1.54) is 6.08 Å². The van der Waals surface area contributed by atoms with E-state index in [1.807, 2.05) is 19.1 Å². The highest BCUT2D eigenvalue weighted by Crippen LogP contribution is 2.20. The molecule has 19 heavy (non-hydrogen) atoms. The highest BCUT2D eigenvalue weighted by molar-refractivity contribution is 5.72. The smallest absolute Gasteiger partial charge is 0.407 e. The van der Waals surface area contributed by atoms with Crippen molar-refractivity contribution in [2.75, 3.05) is 6.61 Å². The van der Waals surface area contributed by atoms with Crippen molar-refractivity contribution in [2.45, 2.75) is 19.4 Å². The van der Waals surface area contributed by atoms with Gasteiger partial charge in [-0.3, -0.25) is 4.79 Å². The van der Waals surface area contributed by atoms with Gasteiger partial charge in [-0.05, 0) is 18.1 Å². The van der Waals surface area contributed by atoms with Crippen LogP contribution in [0.1, 0.15) is 23.6 Å². The molecular weight excluding hydrogens is 246 g/mol. The minimum atomic E-state index is -0.989. The quantitative estimate of drug-likeness (QED) is 0.773. The molecule has 2 N–H and O–H groups in total. The van der Waals surface area contributed by atoms with Crippen molar-refractivity contribution in [1.82, 2.24) is 5.32 Å². The van der Waals surface area contributed by atoms with Crippen molar-refractivity contribution in [3.63, 3.8) is 0 Å². The van der Waals surface area contributed by atoms with E-state index in [2.05, 4.69) is 11.9 Å². The molecule has 0 saturated carbocycles. The number of aryl methyl sites for hydroxylation is 1. The number of amides is 1. The number of carbonyl (C=O) groups excluding carboxylic acids is 1. The van der Waals surface area contributed by atoms with Crippen LogP contribution in [0.2, 0.25) is 0 Å². The normalized spacial score (nSPS) is 11.4. The fraction of sp³-hybridized carbons (Fsp3) is 0.286. The Labute approximate surface area is 111 Å². The average molecular weight is 263 g/mol. The molecule has 0 saturated heterocycles. The van der Waals surface area contributed by atoms with Gasteiger partial charge in [0, 0.05) is 0 Å². The summed E-state index contributed by atoms with van der Waals surface area (Å²) in [6, 6.07) is 6.69. The van der Waals surface area contributed by atoms with E-state index < -0.39 is 18.1 Å². The third-order valence-electron chi connectivity index (χ3n) is 2.57. The van der Waals surface area contributed by atoms with Crippen molar-refractivity contribution in [3.8, 4) is 0 Å². The first-order valence-electron chi connectivity index (χ1n) is 5.86. The average Bonchev–Trinajstić information content (AvgIpc) is 2.35. The minimum Gasteiger partial charge on any atom is -0.481 e. The molecule has 102 valence electrons. The van der Waals surface area contributed by atoms with E-state index in [0.29, 0.717) is 0 Å². The molecule has 1 aromatic carbocycles. The van der Waals surface area contributed by atoms with Crippen molar-refractivity contribution in [2.24, 2.45) is 0 Å². The van der Waals surface area contributed by atoms with Crippen LogP contribution in [0.25, 0.3) is 0 Å². The van der Waals surface area contributed by atoms with Crippen molar-refractivity contribution < 1.29 is 19.4 Å². The fourth-order valence-electron chi connectivity index (χ4n) is 1.71. The summed E-state index contributed by atoms with van der Waals surface area (Å²) >= 11 is 0. The molecule has 1 atom stereocenters. The number of benzene rings is 1. The van der Waals surface area contributed by atoms with E-state index in [1.54, 1.807) is 12.1 Å². The van der Waals surface area contributed by atoms with Gasteiger partial charge in [0.25, 0.3) is 0 Å². The van der Waals surface area contributed by atoms with Gasteiger partial charge in [0.15, 0.2) is 0 Å². The summed E-state index contributed by atoms with van der Waals surface area (Å²) in [5.74, 6) is -0.989. The molecule has 0 aliphatic rings. The summed E-state index contributed by atoms with van der Waals surface area (Å²) in [4.78, 5) is 22.4. The van der Waals surface area contributed by atoms with Gasteiger partial charge in [0.05, 0.1) is 12.5 Å². The van der Waals surface area contributed by atoms with E-state index in [0.717, 1.165) is 11.1 Å². The molecule has 1 amide bonds. The third-order valence-corrected chi connectivity index (χ3v) is 2.57. The predicted octanol–water partition coefficient (Wildman–Crippen LogP) is 2.42. The van der Waals surface area contributed by atoms with Gasteiger partial charge in [-0.1, -0.05) is 36.9 Å². The number of carbonyl (C=O) groups is 2. The second-order valence-corrected chi connectivity index (χ2v) is 4.04. The summed E-state index contributed by atoms with van der Waals surface area (Å²) in [5, 5.41) is 11.5. The molecule has 0 aliphatic carbocycles. The molecule has 0 fully saturated rings. The number of carboxylic acids is 1. The topological polar surface area (TPSA) is 75.6 Å². The maximum Gasteiger partial charge on any atom is 0.407 e. The fourth-order valence-corrected chi connectivity index (χ4v) is 1.71. The van der Waals surface area contributed by atoms with Crippen molar-refractivity contribution >= 4 is 12.1 Å². The first-order valence-corrected chi connectivity index (χ1v) is 5.86. The summed E-state index contributed by atoms with van der Waals surface area (Å²) in [6.07, 6.45) is 0.586. The number of nitrogens with one attached hydrogen (secondary N) is 1. The molecule has 0 heterocycles. The first kappa shape index (κ1) is 14.8. The molecule has 0 radical (unpaired) electrons. The van der Waals surface area contributed by atoms with Crippen LogP contribution in [0, 0.1) is 6.92 Å². The van der Waals surface area contributed by atoms with Gasteiger partial charge in [-0.15, -0.1) is 0 Å². The highest BCUT2D eigenvalue weighted by atomic mass is 16.5. The van der Waals surface area contributed by atoms with Crippen LogP contribution in [-0.4, -0.2) is 23.8 Å². The zero-order valence-corrected chi connectivity index (χ0v) is 10.8. The van der Waals surface area contributed by atoms with E-state index in [4.69, 9.17) is 9.84 Å². The van der Waals surface area contributed by atoms with Crippen molar-refractivity contribution in [1.29, 1.82) is 0 Å². The SMILES string of the molecule is C=CCOC(=O)N[C@@H](CC(=O)O)c1ccccc1C. The van der Waals surface area contributed by atoms with Gasteiger partial charge in [-0.25, -0.2) is 4.79 Å². The molecule has 0 aromatic heterocycles. The Kier molecular flexibility index (Phi) is 5.60. The zero-order chi connectivity index (χ0) is 14.3. The minimum absolute atomic E-state index is 0.0827. The van der Waals surface area contributed by atoms with Crippen LogP contribution in [0.15, 0.2) is 36.9 Å². The molecule has 0 spiro atoms. The van der Waals surface area contributed by atoms with Gasteiger partial charge in [-0.2, -0.15) is 0 Å². The highest BCUT2D eigenvalue weighted by Gasteiger charge is 2.19. The first-order chi connectivity index (χ1) is 9.04. The van der Waals surface area contributed by atoms with Crippen LogP contribution >= 0.6 is 0 Å². The lowest BCUT2D eigenvalue weighted by Gasteiger charge is -2.18. The van der Waals surface area contributed by atoms with Crippen LogP contribution in [-0.2, 0) is 9.53 Å². The van der Waals surface area contributed by atoms with Gasteiger partial charge < -0.3 is 15.2 Å². The number of hydrogen-bond donors (Lipinski definition) is 2. The Morgan fingerprint density at radius 1 is 1.47 bits per heavy atom. The molecule has 1 rings (SSSR count). The van der Waals surface area contributed by atoms with Crippen LogP contribution < -0.4 is 5.32 Å². The van der Waals surface area contributed by atoms with Gasteiger partial charge in [0.1, 0.15) is 6.61 Å². The Bertz CT molecular complexity index is 470. The zero-order valence-electron chi connectivity index (χ0n) is 10.8. The van der Waals surface area contributed by atoms with Crippen LogP contribution in [0.5, 0.6) is 0 Å². The monoisotopic (exact) mass is 263 g/mol. The standard InChI is InChI=1S/C14H17NO4/c1-3-8-19-14(18)15-12(9-13(16)17)11-7-5-4-6-10(11)2/h3-7,12H,1,8-9H2,2H3,(H,15,18)(H,16,17)/t12-/m0/s1. The predicted molar refractivity (Wildman–Crippen MR) is 70.9 cm³/mol. The third kappa shape index (κ3) is 4.83. The Morgan fingerprint density at radius 3 is 2.74 bits per heavy atom. The molecule has 1 aromatic rings. The summed E-state index contributed by atoms with van der Waals surface area (Å²) in [6.45, 7) is 5.38. The van der Waals surface area contributed by atoms with Crippen molar-refractivity contribution in [3.05, 3.63) is 48.0 Å². The summed E-state index contributed by atoms with van der Waals surface area (Å²) in [5.41, 5.74) is 1.68. The number of rotatable bonds is 6. The largest absolute Gasteiger partial charge is 0.481 e.